The summed E-state index contributed by atoms with van der Waals surface area (Å²) < 4.78 is 70.3. The van der Waals surface area contributed by atoms with Gasteiger partial charge in [0.1, 0.15) is 0 Å². The molecule has 1 aromatic heterocycles. The van der Waals surface area contributed by atoms with Gasteiger partial charge in [-0.25, -0.2) is 8.42 Å². The second-order valence-electron chi connectivity index (χ2n) is 7.99. The number of nitrogens with zero attached hydrogens (tertiary/aromatic N) is 2. The van der Waals surface area contributed by atoms with Crippen LogP contribution in [0.15, 0.2) is 70.2 Å². The average molecular weight is 635 g/mol. The van der Waals surface area contributed by atoms with E-state index in [0.29, 0.717) is 40.3 Å². The van der Waals surface area contributed by atoms with E-state index in [-0.39, 0.29) is 4.90 Å². The zero-order chi connectivity index (χ0) is 27.1. The highest BCUT2D eigenvalue weighted by molar-refractivity contribution is 9.10. The highest BCUT2D eigenvalue weighted by Crippen LogP contribution is 2.53. The molecular formula is C24H26BrF2N2O5PS2. The van der Waals surface area contributed by atoms with Crippen LogP contribution in [0.1, 0.15) is 30.5 Å². The van der Waals surface area contributed by atoms with Crippen molar-refractivity contribution in [1.82, 2.24) is 9.29 Å². The summed E-state index contributed by atoms with van der Waals surface area (Å²) in [6, 6.07) is 15.8. The van der Waals surface area contributed by atoms with Crippen LogP contribution >= 0.6 is 35.3 Å². The number of pyridine rings is 1. The van der Waals surface area contributed by atoms with Crippen molar-refractivity contribution >= 4 is 45.3 Å². The minimum atomic E-state index is -4.46. The molecule has 0 aliphatic heterocycles. The molecule has 1 heterocycles. The van der Waals surface area contributed by atoms with Crippen molar-refractivity contribution < 1.29 is 31.5 Å². The zero-order valence-corrected chi connectivity index (χ0v) is 24.3. The van der Waals surface area contributed by atoms with Crippen molar-refractivity contribution in [1.29, 1.82) is 0 Å². The fraction of sp³-hybridized carbons (Fsp3) is 0.292. The van der Waals surface area contributed by atoms with Gasteiger partial charge in [0.25, 0.3) is 0 Å². The van der Waals surface area contributed by atoms with Gasteiger partial charge in [0, 0.05) is 40.8 Å². The van der Waals surface area contributed by atoms with E-state index in [1.807, 2.05) is 32.0 Å². The third-order valence-electron chi connectivity index (χ3n) is 5.53. The van der Waals surface area contributed by atoms with Crippen molar-refractivity contribution in [2.45, 2.75) is 36.4 Å². The van der Waals surface area contributed by atoms with Gasteiger partial charge in [-0.05, 0) is 50.0 Å². The fourth-order valence-electron chi connectivity index (χ4n) is 3.57. The topological polar surface area (TPSA) is 85.8 Å². The Hall–Kier alpha value is -1.66. The van der Waals surface area contributed by atoms with Gasteiger partial charge in [-0.2, -0.15) is 16.1 Å². The van der Waals surface area contributed by atoms with E-state index in [4.69, 9.17) is 0 Å². The van der Waals surface area contributed by atoms with Crippen molar-refractivity contribution in [3.63, 3.8) is 0 Å². The molecule has 3 rings (SSSR count). The lowest BCUT2D eigenvalue weighted by atomic mass is 10.1. The van der Waals surface area contributed by atoms with Gasteiger partial charge in [-0.3, -0.25) is 9.55 Å². The second kappa shape index (κ2) is 13.4. The molecule has 0 unspecified atom stereocenters. The number of aromatic nitrogens is 1. The Kier molecular flexibility index (Phi) is 10.8. The Morgan fingerprint density at radius 3 is 2.27 bits per heavy atom. The Morgan fingerprint density at radius 1 is 1.00 bits per heavy atom. The first-order valence-corrected chi connectivity index (χ1v) is 16.4. The van der Waals surface area contributed by atoms with Gasteiger partial charge < -0.3 is 0 Å². The van der Waals surface area contributed by atoms with Crippen LogP contribution in [0.5, 0.6) is 0 Å². The Balaban J connectivity index is 1.62. The molecule has 0 aliphatic carbocycles. The minimum absolute atomic E-state index is 0.240. The van der Waals surface area contributed by atoms with E-state index in [1.165, 1.54) is 4.31 Å². The molecule has 0 N–H and O–H groups in total. The molecule has 37 heavy (non-hydrogen) atoms. The van der Waals surface area contributed by atoms with Crippen molar-refractivity contribution in [2.24, 2.45) is 0 Å². The number of halogens is 3. The van der Waals surface area contributed by atoms with Gasteiger partial charge in [-0.1, -0.05) is 60.1 Å². The molecule has 0 aliphatic rings. The number of hydrogen-bond donors (Lipinski definition) is 0. The number of thioether (sulfide) groups is 1. The smallest absolute Gasteiger partial charge is 0.256 e. The third-order valence-corrected chi connectivity index (χ3v) is 10.5. The van der Waals surface area contributed by atoms with Crippen LogP contribution in [0.4, 0.5) is 9.05 Å². The van der Waals surface area contributed by atoms with Crippen LogP contribution in [-0.4, -0.2) is 30.8 Å². The van der Waals surface area contributed by atoms with Crippen molar-refractivity contribution in [3.8, 4) is 11.3 Å². The molecule has 0 atom stereocenters. The van der Waals surface area contributed by atoms with E-state index >= 15 is 0 Å². The molecule has 0 radical (unpaired) electrons. The summed E-state index contributed by atoms with van der Waals surface area (Å²) in [5, 5.41) is 0. The molecule has 2 aromatic carbocycles. The first-order valence-electron chi connectivity index (χ1n) is 11.3. The van der Waals surface area contributed by atoms with Crippen LogP contribution < -0.4 is 0 Å². The molecule has 0 amide bonds. The van der Waals surface area contributed by atoms with Crippen molar-refractivity contribution in [2.75, 3.05) is 13.1 Å². The predicted octanol–water partition coefficient (Wildman–Crippen LogP) is 7.47. The van der Waals surface area contributed by atoms with Gasteiger partial charge in [0.2, 0.25) is 10.0 Å². The summed E-state index contributed by atoms with van der Waals surface area (Å²) in [7, 11) is -8.02. The lowest BCUT2D eigenvalue weighted by Crippen LogP contribution is -2.30. The molecular weight excluding hydrogens is 609 g/mol. The second-order valence-corrected chi connectivity index (χ2v) is 13.6. The van der Waals surface area contributed by atoms with E-state index in [1.54, 1.807) is 54.4 Å². The zero-order valence-electron chi connectivity index (χ0n) is 20.1. The Morgan fingerprint density at radius 2 is 1.68 bits per heavy atom. The van der Waals surface area contributed by atoms with E-state index in [2.05, 4.69) is 30.4 Å². The molecule has 13 heteroatoms. The third kappa shape index (κ3) is 7.69. The van der Waals surface area contributed by atoms with Gasteiger partial charge in [0.15, 0.2) is 0 Å². The summed E-state index contributed by atoms with van der Waals surface area (Å²) in [5.41, 5.74) is 3.74. The summed E-state index contributed by atoms with van der Waals surface area (Å²) in [6.07, 6.45) is 1.22. The normalized spacial score (nSPS) is 12.3. The van der Waals surface area contributed by atoms with E-state index in [0.717, 1.165) is 16.7 Å². The molecule has 0 saturated carbocycles. The quantitative estimate of drug-likeness (QED) is 0.180. The maximum atomic E-state index is 12.8. The molecule has 7 nitrogen and oxygen atoms in total. The lowest BCUT2D eigenvalue weighted by Gasteiger charge is -2.18. The SMILES string of the molecule is CCN(CC)S(=O)(=O)c1cccc(-c2ccc(CSCc3ccc(CP(=O)(OF)OF)c(Br)c3)cn2)c1. The lowest BCUT2D eigenvalue weighted by molar-refractivity contribution is -0.0881. The largest absolute Gasteiger partial charge is 0.399 e. The van der Waals surface area contributed by atoms with Crippen LogP contribution in [0, 0.1) is 0 Å². The number of benzene rings is 2. The molecule has 0 spiro atoms. The molecule has 3 aromatic rings. The molecule has 0 saturated heterocycles. The van der Waals surface area contributed by atoms with Crippen LogP contribution in [0.25, 0.3) is 11.3 Å². The summed E-state index contributed by atoms with van der Waals surface area (Å²) >= 11 is 4.96. The fourth-order valence-corrected chi connectivity index (χ4v) is 7.60. The van der Waals surface area contributed by atoms with Crippen LogP contribution in [0.2, 0.25) is 0 Å². The number of hydrogen-bond acceptors (Lipinski definition) is 7. The van der Waals surface area contributed by atoms with Crippen LogP contribution in [0.3, 0.4) is 0 Å². The molecule has 200 valence electrons. The summed E-state index contributed by atoms with van der Waals surface area (Å²) in [6.45, 7) is 4.42. The summed E-state index contributed by atoms with van der Waals surface area (Å²) in [5.74, 6) is 1.34. The predicted molar refractivity (Wildman–Crippen MR) is 145 cm³/mol. The van der Waals surface area contributed by atoms with Gasteiger partial charge in [-0.15, -0.1) is 9.46 Å². The number of sulfonamides is 1. The van der Waals surface area contributed by atoms with Gasteiger partial charge >= 0.3 is 7.60 Å². The summed E-state index contributed by atoms with van der Waals surface area (Å²) in [4.78, 5) is 4.76. The van der Waals surface area contributed by atoms with E-state index in [9.17, 15) is 22.0 Å². The molecule has 0 bridgehead atoms. The van der Waals surface area contributed by atoms with E-state index < -0.39 is 23.8 Å². The maximum absolute atomic E-state index is 12.8. The van der Waals surface area contributed by atoms with Gasteiger partial charge in [0.05, 0.1) is 16.8 Å². The standard InChI is InChI=1S/C24H26BrF2N2O5PS2/c1-3-29(4-2)37(31,32)22-7-5-6-20(13-22)24-11-9-19(14-28-24)17-36-16-18-8-10-21(23(25)12-18)15-35(30,33-26)34-27/h5-14H,3-4,15-17H2,1-2H3. The van der Waals surface area contributed by atoms with Crippen molar-refractivity contribution in [3.05, 3.63) is 82.0 Å². The maximum Gasteiger partial charge on any atom is 0.399 e. The highest BCUT2D eigenvalue weighted by atomic mass is 79.9. The Labute approximate surface area is 228 Å². The Bertz CT molecular complexity index is 1350. The monoisotopic (exact) mass is 634 g/mol. The first kappa shape index (κ1) is 29.9. The number of rotatable bonds is 13. The molecule has 0 fully saturated rings. The first-order chi connectivity index (χ1) is 17.7. The average Bonchev–Trinajstić information content (AvgIpc) is 2.91. The minimum Gasteiger partial charge on any atom is -0.256 e. The highest BCUT2D eigenvalue weighted by Gasteiger charge is 2.29. The van der Waals surface area contributed by atoms with Crippen LogP contribution in [-0.2, 0) is 41.7 Å².